The van der Waals surface area contributed by atoms with Gasteiger partial charge in [-0.15, -0.1) is 0 Å². The van der Waals surface area contributed by atoms with E-state index in [2.05, 4.69) is 16.9 Å². The van der Waals surface area contributed by atoms with Crippen LogP contribution in [0.15, 0.2) is 24.5 Å². The van der Waals surface area contributed by atoms with Crippen LogP contribution in [0.2, 0.25) is 0 Å². The maximum Gasteiger partial charge on any atom is 0.274 e. The first kappa shape index (κ1) is 19.4. The zero-order chi connectivity index (χ0) is 19.2. The predicted molar refractivity (Wildman–Crippen MR) is 97.3 cm³/mol. The molecule has 0 aliphatic carbocycles. The van der Waals surface area contributed by atoms with Crippen LogP contribution in [0.1, 0.15) is 42.2 Å². The van der Waals surface area contributed by atoms with Gasteiger partial charge in [-0.3, -0.25) is 9.78 Å². The molecule has 1 aromatic heterocycles. The third-order valence-electron chi connectivity index (χ3n) is 4.64. The first-order chi connectivity index (χ1) is 13.1. The number of rotatable bonds is 6. The van der Waals surface area contributed by atoms with E-state index in [0.29, 0.717) is 38.3 Å². The van der Waals surface area contributed by atoms with Crippen LogP contribution in [-0.4, -0.2) is 47.1 Å². The number of aryl methyl sites for hydroxylation is 1. The molecule has 2 heterocycles. The zero-order valence-corrected chi connectivity index (χ0v) is 15.4. The molecule has 2 aromatic rings. The van der Waals surface area contributed by atoms with E-state index < -0.39 is 11.6 Å². The van der Waals surface area contributed by atoms with Gasteiger partial charge in [0, 0.05) is 18.7 Å². The molecule has 1 aliphatic rings. The zero-order valence-electron chi connectivity index (χ0n) is 15.4. The van der Waals surface area contributed by atoms with Crippen molar-refractivity contribution in [2.45, 2.75) is 32.6 Å². The molecule has 0 bridgehead atoms. The second kappa shape index (κ2) is 8.99. The van der Waals surface area contributed by atoms with Crippen molar-refractivity contribution in [3.8, 4) is 11.3 Å². The lowest BCUT2D eigenvalue weighted by Gasteiger charge is -2.26. The molecular weight excluding hydrogens is 352 g/mol. The lowest BCUT2D eigenvalue weighted by atomic mass is 10.0. The van der Waals surface area contributed by atoms with Crippen LogP contribution in [0.3, 0.4) is 0 Å². The Balaban J connectivity index is 1.84. The Morgan fingerprint density at radius 2 is 1.93 bits per heavy atom. The number of morpholine rings is 1. The van der Waals surface area contributed by atoms with Gasteiger partial charge >= 0.3 is 0 Å². The van der Waals surface area contributed by atoms with E-state index in [4.69, 9.17) is 4.74 Å². The summed E-state index contributed by atoms with van der Waals surface area (Å²) >= 11 is 0. The minimum atomic E-state index is -0.950. The Bertz CT molecular complexity index is 808. The molecule has 144 valence electrons. The third-order valence-corrected chi connectivity index (χ3v) is 4.64. The molecule has 1 saturated heterocycles. The van der Waals surface area contributed by atoms with E-state index in [1.165, 1.54) is 18.5 Å². The molecule has 5 nitrogen and oxygen atoms in total. The van der Waals surface area contributed by atoms with E-state index in [-0.39, 0.29) is 22.9 Å². The average Bonchev–Trinajstić information content (AvgIpc) is 2.71. The molecule has 0 radical (unpaired) electrons. The first-order valence-corrected chi connectivity index (χ1v) is 9.28. The number of aromatic nitrogens is 2. The molecule has 3 rings (SSSR count). The highest BCUT2D eigenvalue weighted by Gasteiger charge is 2.22. The van der Waals surface area contributed by atoms with Crippen LogP contribution in [0.5, 0.6) is 0 Å². The fourth-order valence-corrected chi connectivity index (χ4v) is 3.07. The maximum absolute atomic E-state index is 14.6. The number of ether oxygens (including phenoxy) is 1. The summed E-state index contributed by atoms with van der Waals surface area (Å²) in [6.07, 6.45) is 5.98. The number of hydrogen-bond donors (Lipinski definition) is 0. The van der Waals surface area contributed by atoms with Crippen molar-refractivity contribution in [2.24, 2.45) is 0 Å². The summed E-state index contributed by atoms with van der Waals surface area (Å²) in [5.74, 6) is -2.09. The van der Waals surface area contributed by atoms with Gasteiger partial charge in [0.15, 0.2) is 11.6 Å². The number of nitrogens with zero attached hydrogens (tertiary/aromatic N) is 3. The summed E-state index contributed by atoms with van der Waals surface area (Å²) in [6, 6.07) is 3.09. The summed E-state index contributed by atoms with van der Waals surface area (Å²) in [4.78, 5) is 22.4. The number of halogens is 2. The predicted octanol–water partition coefficient (Wildman–Crippen LogP) is 3.63. The molecule has 1 fully saturated rings. The van der Waals surface area contributed by atoms with E-state index >= 15 is 0 Å². The quantitative estimate of drug-likeness (QED) is 0.724. The number of carbonyl (C=O) groups excluding carboxylic acids is 1. The minimum absolute atomic E-state index is 0.0101. The Labute approximate surface area is 157 Å². The molecule has 7 heteroatoms. The number of amides is 1. The largest absolute Gasteiger partial charge is 0.378 e. The van der Waals surface area contributed by atoms with Gasteiger partial charge in [-0.1, -0.05) is 25.8 Å². The van der Waals surface area contributed by atoms with Crippen LogP contribution in [0, 0.1) is 11.6 Å². The van der Waals surface area contributed by atoms with Crippen LogP contribution in [0.4, 0.5) is 8.78 Å². The highest BCUT2D eigenvalue weighted by molar-refractivity contribution is 5.92. The van der Waals surface area contributed by atoms with Crippen molar-refractivity contribution >= 4 is 5.91 Å². The Hall–Kier alpha value is -2.41. The van der Waals surface area contributed by atoms with Gasteiger partial charge in [0.25, 0.3) is 5.91 Å². The molecule has 0 unspecified atom stereocenters. The van der Waals surface area contributed by atoms with Crippen LogP contribution < -0.4 is 0 Å². The SMILES string of the molecule is CCCCCc1ccc(-c2cncc(C(=O)N3CCOCC3)n2)c(F)c1F. The molecule has 1 aliphatic heterocycles. The molecule has 0 atom stereocenters. The van der Waals surface area contributed by atoms with Gasteiger partial charge in [-0.25, -0.2) is 13.8 Å². The van der Waals surface area contributed by atoms with Crippen LogP contribution in [-0.2, 0) is 11.2 Å². The third kappa shape index (κ3) is 4.47. The first-order valence-electron chi connectivity index (χ1n) is 9.28. The number of benzene rings is 1. The average molecular weight is 375 g/mol. The van der Waals surface area contributed by atoms with E-state index in [0.717, 1.165) is 19.3 Å². The van der Waals surface area contributed by atoms with E-state index in [1.807, 2.05) is 0 Å². The summed E-state index contributed by atoms with van der Waals surface area (Å²) < 4.78 is 34.2. The van der Waals surface area contributed by atoms with Crippen LogP contribution in [0.25, 0.3) is 11.3 Å². The number of carbonyl (C=O) groups is 1. The van der Waals surface area contributed by atoms with Crippen molar-refractivity contribution in [2.75, 3.05) is 26.3 Å². The normalized spacial score (nSPS) is 14.4. The highest BCUT2D eigenvalue weighted by Crippen LogP contribution is 2.26. The Kier molecular flexibility index (Phi) is 6.45. The maximum atomic E-state index is 14.6. The second-order valence-electron chi connectivity index (χ2n) is 6.55. The molecule has 1 amide bonds. The smallest absolute Gasteiger partial charge is 0.274 e. The molecule has 1 aromatic carbocycles. The van der Waals surface area contributed by atoms with Gasteiger partial charge < -0.3 is 9.64 Å². The van der Waals surface area contributed by atoms with Gasteiger partial charge in [-0.2, -0.15) is 0 Å². The Morgan fingerprint density at radius 3 is 2.67 bits per heavy atom. The molecule has 0 spiro atoms. The van der Waals surface area contributed by atoms with E-state index in [9.17, 15) is 13.6 Å². The number of hydrogen-bond acceptors (Lipinski definition) is 4. The van der Waals surface area contributed by atoms with Gasteiger partial charge in [0.05, 0.1) is 31.3 Å². The van der Waals surface area contributed by atoms with Gasteiger partial charge in [0.2, 0.25) is 0 Å². The summed E-state index contributed by atoms with van der Waals surface area (Å²) in [7, 11) is 0. The van der Waals surface area contributed by atoms with Crippen molar-refractivity contribution < 1.29 is 18.3 Å². The monoisotopic (exact) mass is 375 g/mol. The van der Waals surface area contributed by atoms with Crippen molar-refractivity contribution in [1.29, 1.82) is 0 Å². The van der Waals surface area contributed by atoms with Crippen molar-refractivity contribution in [3.63, 3.8) is 0 Å². The molecular formula is C20H23F2N3O2. The van der Waals surface area contributed by atoms with Crippen molar-refractivity contribution in [3.05, 3.63) is 47.4 Å². The molecule has 0 saturated carbocycles. The van der Waals surface area contributed by atoms with Gasteiger partial charge in [-0.05, 0) is 24.5 Å². The lowest BCUT2D eigenvalue weighted by molar-refractivity contribution is 0.0299. The van der Waals surface area contributed by atoms with Crippen LogP contribution >= 0.6 is 0 Å². The molecule has 27 heavy (non-hydrogen) atoms. The summed E-state index contributed by atoms with van der Waals surface area (Å²) in [5, 5.41) is 0. The second-order valence-corrected chi connectivity index (χ2v) is 6.55. The summed E-state index contributed by atoms with van der Waals surface area (Å²) in [5.41, 5.74) is 0.626. The standard InChI is InChI=1S/C20H23F2N3O2/c1-2-3-4-5-14-6-7-15(19(22)18(14)21)16-12-23-13-17(24-16)20(26)25-8-10-27-11-9-25/h6-7,12-13H,2-5,8-11H2,1H3. The van der Waals surface area contributed by atoms with Crippen molar-refractivity contribution in [1.82, 2.24) is 14.9 Å². The number of unbranched alkanes of at least 4 members (excludes halogenated alkanes) is 2. The fraction of sp³-hybridized carbons (Fsp3) is 0.450. The lowest BCUT2D eigenvalue weighted by Crippen LogP contribution is -2.41. The topological polar surface area (TPSA) is 55.3 Å². The fourth-order valence-electron chi connectivity index (χ4n) is 3.07. The van der Waals surface area contributed by atoms with Gasteiger partial charge in [0.1, 0.15) is 5.69 Å². The molecule has 0 N–H and O–H groups in total. The summed E-state index contributed by atoms with van der Waals surface area (Å²) in [6.45, 7) is 3.95. The minimum Gasteiger partial charge on any atom is -0.378 e. The Morgan fingerprint density at radius 1 is 1.15 bits per heavy atom. The highest BCUT2D eigenvalue weighted by atomic mass is 19.2. The van der Waals surface area contributed by atoms with E-state index in [1.54, 1.807) is 11.0 Å².